The summed E-state index contributed by atoms with van der Waals surface area (Å²) in [6, 6.07) is 24.5. The van der Waals surface area contributed by atoms with Gasteiger partial charge in [-0.3, -0.25) is 4.79 Å². The Kier molecular flexibility index (Phi) is 6.50. The van der Waals surface area contributed by atoms with Gasteiger partial charge >= 0.3 is 0 Å². The Morgan fingerprint density at radius 1 is 0.914 bits per heavy atom. The van der Waals surface area contributed by atoms with Gasteiger partial charge in [-0.25, -0.2) is 15.0 Å². The number of aromatic nitrogens is 4. The number of amides is 1. The molecule has 0 aliphatic rings. The van der Waals surface area contributed by atoms with Gasteiger partial charge in [0.05, 0.1) is 12.0 Å². The molecule has 0 fully saturated rings. The van der Waals surface area contributed by atoms with Crippen molar-refractivity contribution in [3.63, 3.8) is 0 Å². The molecule has 0 aliphatic carbocycles. The van der Waals surface area contributed by atoms with Crippen LogP contribution in [-0.2, 0) is 5.88 Å². The molecule has 1 amide bonds. The molecular weight excluding hydrogens is 460 g/mol. The molecule has 5 rings (SSSR count). The van der Waals surface area contributed by atoms with E-state index in [1.807, 2.05) is 77.5 Å². The normalized spacial score (nSPS) is 10.7. The van der Waals surface area contributed by atoms with Crippen LogP contribution in [-0.4, -0.2) is 25.4 Å². The smallest absolute Gasteiger partial charge is 0.255 e. The van der Waals surface area contributed by atoms with Crippen molar-refractivity contribution in [2.24, 2.45) is 0 Å². The molecule has 5 aromatic rings. The maximum Gasteiger partial charge on any atom is 0.255 e. The van der Waals surface area contributed by atoms with Gasteiger partial charge in [-0.2, -0.15) is 0 Å². The van der Waals surface area contributed by atoms with Crippen molar-refractivity contribution in [2.45, 2.75) is 5.88 Å². The van der Waals surface area contributed by atoms with Crippen LogP contribution in [0.4, 0.5) is 17.3 Å². The van der Waals surface area contributed by atoms with Crippen LogP contribution >= 0.6 is 11.6 Å². The minimum atomic E-state index is -0.194. The fourth-order valence-corrected chi connectivity index (χ4v) is 3.73. The third-order valence-electron chi connectivity index (χ3n) is 5.37. The molecule has 35 heavy (non-hydrogen) atoms. The van der Waals surface area contributed by atoms with Crippen LogP contribution in [0.3, 0.4) is 0 Å². The van der Waals surface area contributed by atoms with Gasteiger partial charge in [-0.15, -0.1) is 11.6 Å². The van der Waals surface area contributed by atoms with Gasteiger partial charge in [0.1, 0.15) is 0 Å². The molecule has 2 aromatic heterocycles. The first-order valence-electron chi connectivity index (χ1n) is 10.9. The quantitative estimate of drug-likeness (QED) is 0.276. The molecular formula is C27H21ClN6O. The third kappa shape index (κ3) is 5.37. The Morgan fingerprint density at radius 3 is 2.46 bits per heavy atom. The monoisotopic (exact) mass is 480 g/mol. The van der Waals surface area contributed by atoms with Gasteiger partial charge in [-0.05, 0) is 54.1 Å². The first-order valence-corrected chi connectivity index (χ1v) is 11.5. The van der Waals surface area contributed by atoms with E-state index in [1.165, 1.54) is 0 Å². The summed E-state index contributed by atoms with van der Waals surface area (Å²) in [5, 5.41) is 6.13. The molecule has 0 unspecified atom stereocenters. The van der Waals surface area contributed by atoms with E-state index in [4.69, 9.17) is 11.6 Å². The zero-order valence-electron chi connectivity index (χ0n) is 18.6. The molecule has 0 radical (unpaired) electrons. The van der Waals surface area contributed by atoms with Crippen molar-refractivity contribution in [3.05, 3.63) is 115 Å². The fourth-order valence-electron chi connectivity index (χ4n) is 3.55. The summed E-state index contributed by atoms with van der Waals surface area (Å²) < 4.78 is 1.94. The van der Waals surface area contributed by atoms with Crippen molar-refractivity contribution in [1.82, 2.24) is 19.5 Å². The van der Waals surface area contributed by atoms with Gasteiger partial charge in [0.25, 0.3) is 5.91 Å². The first kappa shape index (κ1) is 22.3. The molecule has 172 valence electrons. The highest BCUT2D eigenvalue weighted by Crippen LogP contribution is 2.23. The van der Waals surface area contributed by atoms with E-state index >= 15 is 0 Å². The molecule has 0 saturated heterocycles. The van der Waals surface area contributed by atoms with E-state index in [2.05, 4.69) is 25.6 Å². The van der Waals surface area contributed by atoms with E-state index < -0.39 is 0 Å². The van der Waals surface area contributed by atoms with E-state index in [0.29, 0.717) is 23.1 Å². The number of carbonyl (C=O) groups is 1. The number of nitrogens with one attached hydrogen (secondary N) is 2. The van der Waals surface area contributed by atoms with E-state index in [0.717, 1.165) is 28.2 Å². The predicted molar refractivity (Wildman–Crippen MR) is 138 cm³/mol. The topological polar surface area (TPSA) is 84.7 Å². The summed E-state index contributed by atoms with van der Waals surface area (Å²) in [6.07, 6.45) is 7.12. The Morgan fingerprint density at radius 2 is 1.71 bits per heavy atom. The van der Waals surface area contributed by atoms with Crippen LogP contribution in [0.15, 0.2) is 104 Å². The third-order valence-corrected chi connectivity index (χ3v) is 5.68. The van der Waals surface area contributed by atoms with Gasteiger partial charge in [0, 0.05) is 52.7 Å². The lowest BCUT2D eigenvalue weighted by atomic mass is 10.1. The van der Waals surface area contributed by atoms with Crippen molar-refractivity contribution in [1.29, 1.82) is 0 Å². The van der Waals surface area contributed by atoms with Crippen molar-refractivity contribution in [2.75, 3.05) is 10.6 Å². The maximum absolute atomic E-state index is 12.6. The maximum atomic E-state index is 12.6. The summed E-state index contributed by atoms with van der Waals surface area (Å²) in [7, 11) is 0. The Hall–Kier alpha value is -4.49. The number of hydrogen-bond donors (Lipinski definition) is 2. The zero-order chi connectivity index (χ0) is 24.0. The summed E-state index contributed by atoms with van der Waals surface area (Å²) in [4.78, 5) is 25.7. The number of hydrogen-bond acceptors (Lipinski definition) is 5. The number of alkyl halides is 1. The lowest BCUT2D eigenvalue weighted by Crippen LogP contribution is -2.12. The second-order valence-corrected chi connectivity index (χ2v) is 8.04. The van der Waals surface area contributed by atoms with E-state index in [-0.39, 0.29) is 5.91 Å². The zero-order valence-corrected chi connectivity index (χ0v) is 19.4. The molecule has 0 atom stereocenters. The number of carbonyl (C=O) groups excluding carboxylic acids is 1. The summed E-state index contributed by atoms with van der Waals surface area (Å²) in [6.45, 7) is 0. The van der Waals surface area contributed by atoms with E-state index in [1.54, 1.807) is 30.9 Å². The molecule has 2 heterocycles. The van der Waals surface area contributed by atoms with Gasteiger partial charge in [0.2, 0.25) is 5.95 Å². The Labute approximate surface area is 207 Å². The molecule has 0 aliphatic heterocycles. The highest BCUT2D eigenvalue weighted by atomic mass is 35.5. The molecule has 2 N–H and O–H groups in total. The van der Waals surface area contributed by atoms with Crippen LogP contribution in [0.5, 0.6) is 0 Å². The second kappa shape index (κ2) is 10.2. The summed E-state index contributed by atoms with van der Waals surface area (Å²) in [5.74, 6) is 0.678. The van der Waals surface area contributed by atoms with Crippen LogP contribution in [0, 0.1) is 0 Å². The number of halogens is 1. The highest BCUT2D eigenvalue weighted by molar-refractivity contribution is 6.17. The lowest BCUT2D eigenvalue weighted by Gasteiger charge is -2.10. The Bertz CT molecular complexity index is 1430. The van der Waals surface area contributed by atoms with Crippen molar-refractivity contribution < 1.29 is 4.79 Å². The number of anilines is 3. The molecule has 0 spiro atoms. The Balaban J connectivity index is 1.28. The lowest BCUT2D eigenvalue weighted by molar-refractivity contribution is 0.102. The SMILES string of the molecule is O=C(Nc1cccc(Nc2nccc(-c3ccc(-n4ccnc4)cc3)n2)c1)c1ccc(CCl)cc1. The minimum absolute atomic E-state index is 0.194. The van der Waals surface area contributed by atoms with Crippen LogP contribution < -0.4 is 10.6 Å². The molecule has 8 heteroatoms. The number of nitrogens with zero attached hydrogens (tertiary/aromatic N) is 4. The number of rotatable bonds is 7. The van der Waals surface area contributed by atoms with Gasteiger partial charge in [0.15, 0.2) is 0 Å². The number of imidazole rings is 1. The summed E-state index contributed by atoms with van der Waals surface area (Å²) >= 11 is 5.82. The second-order valence-electron chi connectivity index (χ2n) is 7.77. The van der Waals surface area contributed by atoms with Crippen LogP contribution in [0.25, 0.3) is 16.9 Å². The van der Waals surface area contributed by atoms with Crippen LogP contribution in [0.1, 0.15) is 15.9 Å². The average molecular weight is 481 g/mol. The van der Waals surface area contributed by atoms with Crippen molar-refractivity contribution in [3.8, 4) is 16.9 Å². The predicted octanol–water partition coefficient (Wildman–Crippen LogP) is 6.06. The largest absolute Gasteiger partial charge is 0.324 e. The summed E-state index contributed by atoms with van der Waals surface area (Å²) in [5.41, 5.74) is 5.73. The highest BCUT2D eigenvalue weighted by Gasteiger charge is 2.08. The van der Waals surface area contributed by atoms with Crippen molar-refractivity contribution >= 4 is 34.8 Å². The minimum Gasteiger partial charge on any atom is -0.324 e. The molecule has 3 aromatic carbocycles. The fraction of sp³-hybridized carbons (Fsp3) is 0.0370. The molecule has 7 nitrogen and oxygen atoms in total. The first-order chi connectivity index (χ1) is 17.2. The van der Waals surface area contributed by atoms with Gasteiger partial charge < -0.3 is 15.2 Å². The molecule has 0 bridgehead atoms. The standard InChI is InChI=1S/C27H21ClN6O/c28-17-19-4-6-21(7-5-19)26(35)31-22-2-1-3-23(16-22)32-27-30-13-12-25(33-27)20-8-10-24(11-9-20)34-15-14-29-18-34/h1-16,18H,17H2,(H,31,35)(H,30,32,33). The van der Waals surface area contributed by atoms with Gasteiger partial charge in [-0.1, -0.05) is 30.3 Å². The average Bonchev–Trinajstić information content (AvgIpc) is 3.44. The molecule has 0 saturated carbocycles. The van der Waals surface area contributed by atoms with E-state index in [9.17, 15) is 4.79 Å². The number of benzene rings is 3. The van der Waals surface area contributed by atoms with Crippen LogP contribution in [0.2, 0.25) is 0 Å².